The van der Waals surface area contributed by atoms with Gasteiger partial charge in [0.15, 0.2) is 0 Å². The van der Waals surface area contributed by atoms with Gasteiger partial charge in [-0.15, -0.1) is 4.99 Å². The first-order chi connectivity index (χ1) is 10.00. The summed E-state index contributed by atoms with van der Waals surface area (Å²) in [5, 5.41) is 8.95. The fourth-order valence-electron chi connectivity index (χ4n) is 3.04. The first kappa shape index (κ1) is 15.4. The van der Waals surface area contributed by atoms with Gasteiger partial charge in [-0.25, -0.2) is 0 Å². The Morgan fingerprint density at radius 3 is 2.76 bits per heavy atom. The van der Waals surface area contributed by atoms with E-state index in [1.54, 1.807) is 0 Å². The molecule has 2 rings (SSSR count). The van der Waals surface area contributed by atoms with Crippen molar-refractivity contribution in [2.24, 2.45) is 16.3 Å². The number of likely N-dealkylation sites (tertiary alicyclic amines) is 1. The maximum Gasteiger partial charge on any atom is 0.308 e. The van der Waals surface area contributed by atoms with Gasteiger partial charge in [0.2, 0.25) is 6.19 Å². The summed E-state index contributed by atoms with van der Waals surface area (Å²) in [4.78, 5) is 6.00. The first-order valence-electron chi connectivity index (χ1n) is 7.45. The molecular weight excluding hydrogens is 262 g/mol. The Morgan fingerprint density at radius 2 is 2.10 bits per heavy atom. The summed E-state index contributed by atoms with van der Waals surface area (Å²) < 4.78 is 5.83. The Bertz CT molecular complexity index is 531. The summed E-state index contributed by atoms with van der Waals surface area (Å²) in [7, 11) is 0. The SMILES string of the molecule is CC1CCN(C(=NC#N)Oc2ccccc2)CC(C)(C)C1. The summed E-state index contributed by atoms with van der Waals surface area (Å²) >= 11 is 0. The molecule has 21 heavy (non-hydrogen) atoms. The van der Waals surface area contributed by atoms with Crippen molar-refractivity contribution in [2.45, 2.75) is 33.6 Å². The topological polar surface area (TPSA) is 48.6 Å². The number of hydrogen-bond acceptors (Lipinski definition) is 3. The third kappa shape index (κ3) is 4.49. The van der Waals surface area contributed by atoms with Gasteiger partial charge in [-0.2, -0.15) is 5.26 Å². The maximum absolute atomic E-state index is 8.95. The molecule has 4 heteroatoms. The fraction of sp³-hybridized carbons (Fsp3) is 0.529. The van der Waals surface area contributed by atoms with Crippen LogP contribution in [0, 0.1) is 22.8 Å². The van der Waals surface area contributed by atoms with E-state index in [9.17, 15) is 0 Å². The standard InChI is InChI=1S/C17H23N3O/c1-14-9-10-20(12-17(2,3)11-14)16(19-13-18)21-15-7-5-4-6-8-15/h4-8,14H,9-12H2,1-3H3. The van der Waals surface area contributed by atoms with Crippen LogP contribution in [-0.2, 0) is 0 Å². The molecule has 0 aromatic heterocycles. The molecule has 4 nitrogen and oxygen atoms in total. The molecule has 1 aliphatic heterocycles. The molecule has 1 saturated heterocycles. The molecule has 1 atom stereocenters. The summed E-state index contributed by atoms with van der Waals surface area (Å²) in [6, 6.07) is 9.91. The second-order valence-electron chi connectivity index (χ2n) is 6.59. The van der Waals surface area contributed by atoms with Gasteiger partial charge in [-0.05, 0) is 36.3 Å². The molecule has 1 heterocycles. The van der Waals surface area contributed by atoms with Crippen LogP contribution in [0.4, 0.5) is 0 Å². The van der Waals surface area contributed by atoms with Gasteiger partial charge in [0, 0.05) is 13.1 Å². The van der Waals surface area contributed by atoms with Crippen molar-refractivity contribution in [1.29, 1.82) is 5.26 Å². The molecular formula is C17H23N3O. The molecule has 112 valence electrons. The van der Waals surface area contributed by atoms with Gasteiger partial charge in [0.05, 0.1) is 0 Å². The number of rotatable bonds is 1. The van der Waals surface area contributed by atoms with E-state index in [0.29, 0.717) is 17.7 Å². The molecule has 0 radical (unpaired) electrons. The van der Waals surface area contributed by atoms with Gasteiger partial charge >= 0.3 is 6.02 Å². The zero-order chi connectivity index (χ0) is 15.3. The van der Waals surface area contributed by atoms with E-state index in [-0.39, 0.29) is 5.41 Å². The Balaban J connectivity index is 2.18. The molecule has 0 spiro atoms. The van der Waals surface area contributed by atoms with Crippen LogP contribution >= 0.6 is 0 Å². The van der Waals surface area contributed by atoms with Crippen molar-refractivity contribution >= 4 is 6.02 Å². The Labute approximate surface area is 127 Å². The van der Waals surface area contributed by atoms with E-state index in [4.69, 9.17) is 10.00 Å². The lowest BCUT2D eigenvalue weighted by atomic mass is 9.83. The highest BCUT2D eigenvalue weighted by molar-refractivity contribution is 5.77. The first-order valence-corrected chi connectivity index (χ1v) is 7.45. The maximum atomic E-state index is 8.95. The molecule has 1 unspecified atom stereocenters. The highest BCUT2D eigenvalue weighted by atomic mass is 16.5. The lowest BCUT2D eigenvalue weighted by Crippen LogP contribution is -2.40. The van der Waals surface area contributed by atoms with Crippen molar-refractivity contribution in [1.82, 2.24) is 4.90 Å². The number of para-hydroxylation sites is 1. The van der Waals surface area contributed by atoms with Gasteiger partial charge in [-0.1, -0.05) is 39.0 Å². The molecule has 0 amide bonds. The average molecular weight is 285 g/mol. The van der Waals surface area contributed by atoms with Crippen molar-refractivity contribution < 1.29 is 4.74 Å². The third-order valence-electron chi connectivity index (χ3n) is 3.78. The van der Waals surface area contributed by atoms with Crippen LogP contribution in [0.1, 0.15) is 33.6 Å². The molecule has 0 bridgehead atoms. The fourth-order valence-corrected chi connectivity index (χ4v) is 3.04. The predicted molar refractivity (Wildman–Crippen MR) is 83.9 cm³/mol. The number of amidine groups is 1. The van der Waals surface area contributed by atoms with Crippen molar-refractivity contribution in [2.75, 3.05) is 13.1 Å². The minimum atomic E-state index is 0.187. The molecule has 0 aliphatic carbocycles. The Kier molecular flexibility index (Phi) is 4.85. The second-order valence-corrected chi connectivity index (χ2v) is 6.59. The van der Waals surface area contributed by atoms with Crippen molar-refractivity contribution in [3.05, 3.63) is 30.3 Å². The monoisotopic (exact) mass is 285 g/mol. The number of ether oxygens (including phenoxy) is 1. The second kappa shape index (κ2) is 6.62. The summed E-state index contributed by atoms with van der Waals surface area (Å²) in [5.74, 6) is 1.38. The summed E-state index contributed by atoms with van der Waals surface area (Å²) in [6.45, 7) is 8.52. The largest absolute Gasteiger partial charge is 0.425 e. The number of aliphatic imine (C=N–C) groups is 1. The zero-order valence-corrected chi connectivity index (χ0v) is 13.0. The molecule has 1 aromatic rings. The van der Waals surface area contributed by atoms with Crippen LogP contribution < -0.4 is 4.74 Å². The summed E-state index contributed by atoms with van der Waals surface area (Å²) in [5.41, 5.74) is 0.187. The predicted octanol–water partition coefficient (Wildman–Crippen LogP) is 3.66. The van der Waals surface area contributed by atoms with E-state index in [0.717, 1.165) is 19.5 Å². The van der Waals surface area contributed by atoms with E-state index >= 15 is 0 Å². The zero-order valence-electron chi connectivity index (χ0n) is 13.0. The van der Waals surface area contributed by atoms with Crippen molar-refractivity contribution in [3.8, 4) is 11.9 Å². The van der Waals surface area contributed by atoms with Gasteiger partial charge in [-0.3, -0.25) is 0 Å². The van der Waals surface area contributed by atoms with Crippen molar-refractivity contribution in [3.63, 3.8) is 0 Å². The van der Waals surface area contributed by atoms with Gasteiger partial charge < -0.3 is 9.64 Å². The minimum absolute atomic E-state index is 0.187. The van der Waals surface area contributed by atoms with E-state index in [1.165, 1.54) is 6.42 Å². The molecule has 1 aromatic carbocycles. The Hall–Kier alpha value is -2.02. The van der Waals surface area contributed by atoms with Gasteiger partial charge in [0.25, 0.3) is 0 Å². The van der Waals surface area contributed by atoms with Crippen LogP contribution in [0.3, 0.4) is 0 Å². The lowest BCUT2D eigenvalue weighted by Gasteiger charge is -2.30. The molecule has 0 N–H and O–H groups in total. The van der Waals surface area contributed by atoms with E-state index in [1.807, 2.05) is 36.5 Å². The quantitative estimate of drug-likeness (QED) is 0.449. The number of nitriles is 1. The average Bonchev–Trinajstić information content (AvgIpc) is 2.57. The normalized spacial score (nSPS) is 22.3. The molecule has 1 aliphatic rings. The van der Waals surface area contributed by atoms with Crippen LogP contribution in [-0.4, -0.2) is 24.0 Å². The molecule has 1 fully saturated rings. The smallest absolute Gasteiger partial charge is 0.308 e. The van der Waals surface area contributed by atoms with Gasteiger partial charge in [0.1, 0.15) is 5.75 Å². The number of hydrogen-bond donors (Lipinski definition) is 0. The van der Waals surface area contributed by atoms with Crippen LogP contribution in [0.5, 0.6) is 5.75 Å². The molecule has 0 saturated carbocycles. The minimum Gasteiger partial charge on any atom is -0.425 e. The van der Waals surface area contributed by atoms with Crippen LogP contribution in [0.2, 0.25) is 0 Å². The Morgan fingerprint density at radius 1 is 1.38 bits per heavy atom. The highest BCUT2D eigenvalue weighted by Crippen LogP contribution is 2.31. The van der Waals surface area contributed by atoms with E-state index in [2.05, 4.69) is 30.7 Å². The summed E-state index contributed by atoms with van der Waals surface area (Å²) in [6.07, 6.45) is 4.13. The lowest BCUT2D eigenvalue weighted by molar-refractivity contribution is 0.234. The van der Waals surface area contributed by atoms with E-state index < -0.39 is 0 Å². The van der Waals surface area contributed by atoms with Crippen LogP contribution in [0.25, 0.3) is 0 Å². The highest BCUT2D eigenvalue weighted by Gasteiger charge is 2.30. The number of nitrogens with zero attached hydrogens (tertiary/aromatic N) is 3. The third-order valence-corrected chi connectivity index (χ3v) is 3.78. The number of benzene rings is 1. The van der Waals surface area contributed by atoms with Crippen LogP contribution in [0.15, 0.2) is 35.3 Å².